The molecule has 3 aliphatic rings. The lowest BCUT2D eigenvalue weighted by Gasteiger charge is -2.52. The number of ether oxygens (including phenoxy) is 1. The van der Waals surface area contributed by atoms with Crippen molar-refractivity contribution in [1.29, 1.82) is 0 Å². The minimum absolute atomic E-state index is 0.0248. The normalized spacial score (nSPS) is 28.0. The Hall–Kier alpha value is -4.10. The molecule has 4 N–H and O–H groups in total. The van der Waals surface area contributed by atoms with Gasteiger partial charge in [-0.3, -0.25) is 28.9 Å². The zero-order chi connectivity index (χ0) is 33.2. The number of fused-ring (bicyclic) bond motifs is 3. The first-order valence-electron chi connectivity index (χ1n) is 14.5. The first kappa shape index (κ1) is 32.3. The molecule has 3 unspecified atom stereocenters. The lowest BCUT2D eigenvalue weighted by Crippen LogP contribution is -2.74. The van der Waals surface area contributed by atoms with Crippen molar-refractivity contribution < 1.29 is 52.1 Å². The number of phenolic OH excluding ortho intramolecular Hbond substituents is 1. The van der Waals surface area contributed by atoms with Crippen LogP contribution in [0.2, 0.25) is 0 Å². The number of nitrogens with two attached hydrogens (primary N) is 1. The van der Waals surface area contributed by atoms with Crippen molar-refractivity contribution >= 4 is 29.0 Å². The van der Waals surface area contributed by atoms with Crippen LogP contribution < -0.4 is 10.5 Å². The van der Waals surface area contributed by atoms with E-state index in [1.165, 1.54) is 32.2 Å². The van der Waals surface area contributed by atoms with Crippen molar-refractivity contribution in [2.45, 2.75) is 49.9 Å². The highest BCUT2D eigenvalue weighted by Crippen LogP contribution is 2.52. The van der Waals surface area contributed by atoms with E-state index in [9.17, 15) is 47.4 Å². The number of likely N-dealkylation sites (N-methyl/N-ethyl adjacent to an activating group) is 1. The average Bonchev–Trinajstić information content (AvgIpc) is 2.94. The molecule has 5 rings (SSSR count). The number of aliphatic hydroxyl groups is 1. The molecular weight excluding hydrogens is 597 g/mol. The van der Waals surface area contributed by atoms with Gasteiger partial charge in [-0.15, -0.1) is 0 Å². The molecule has 10 nitrogen and oxygen atoms in total. The molecule has 0 aliphatic heterocycles. The number of alkyl halides is 3. The van der Waals surface area contributed by atoms with E-state index in [0.29, 0.717) is 28.0 Å². The number of Topliss-reactive ketones (excluding diaryl/α,β-unsaturated/α-hetero) is 4. The summed E-state index contributed by atoms with van der Waals surface area (Å²) in [4.78, 5) is 68.3. The van der Waals surface area contributed by atoms with Gasteiger partial charge in [-0.05, 0) is 80.6 Å². The molecule has 1 amide bonds. The second kappa shape index (κ2) is 11.4. The van der Waals surface area contributed by atoms with Gasteiger partial charge in [0.1, 0.15) is 11.5 Å². The third kappa shape index (κ3) is 5.21. The highest BCUT2D eigenvalue weighted by atomic mass is 19.4. The number of hydrogen-bond donors (Lipinski definition) is 3. The van der Waals surface area contributed by atoms with E-state index in [1.54, 1.807) is 24.3 Å². The van der Waals surface area contributed by atoms with Crippen LogP contribution in [0.15, 0.2) is 30.3 Å². The van der Waals surface area contributed by atoms with Gasteiger partial charge in [0.2, 0.25) is 5.91 Å². The first-order chi connectivity index (χ1) is 21.0. The zero-order valence-corrected chi connectivity index (χ0v) is 24.8. The van der Waals surface area contributed by atoms with Crippen LogP contribution in [0.5, 0.6) is 11.5 Å². The Kier molecular flexibility index (Phi) is 8.15. The Labute approximate surface area is 256 Å². The van der Waals surface area contributed by atoms with Crippen LogP contribution in [0.3, 0.4) is 0 Å². The summed E-state index contributed by atoms with van der Waals surface area (Å²) in [5.41, 5.74) is 4.18. The van der Waals surface area contributed by atoms with Gasteiger partial charge in [-0.1, -0.05) is 12.1 Å². The molecule has 0 radical (unpaired) electrons. The number of ketones is 4. The van der Waals surface area contributed by atoms with Crippen molar-refractivity contribution in [1.82, 2.24) is 4.90 Å². The number of carbonyl (C=O) groups is 5. The Morgan fingerprint density at radius 3 is 2.38 bits per heavy atom. The number of carbonyl (C=O) groups excluding carboxylic acids is 5. The summed E-state index contributed by atoms with van der Waals surface area (Å²) < 4.78 is 43.8. The van der Waals surface area contributed by atoms with E-state index in [2.05, 4.69) is 0 Å². The van der Waals surface area contributed by atoms with Crippen LogP contribution in [-0.4, -0.2) is 83.2 Å². The topological polar surface area (TPSA) is 164 Å². The minimum atomic E-state index is -4.30. The molecular formula is C32H33F3N2O8. The third-order valence-corrected chi connectivity index (χ3v) is 9.42. The fraction of sp³-hybridized carbons (Fsp3) is 0.469. The van der Waals surface area contributed by atoms with Gasteiger partial charge in [0.25, 0.3) is 0 Å². The molecule has 0 saturated heterocycles. The maximum absolute atomic E-state index is 14.0. The molecule has 2 aromatic rings. The highest BCUT2D eigenvalue weighted by molar-refractivity contribution is 6.32. The van der Waals surface area contributed by atoms with Gasteiger partial charge in [-0.25, -0.2) is 0 Å². The molecule has 0 bridgehead atoms. The third-order valence-electron chi connectivity index (χ3n) is 9.42. The molecule has 0 aromatic heterocycles. The van der Waals surface area contributed by atoms with Gasteiger partial charge in [0.05, 0.1) is 24.6 Å². The number of rotatable bonds is 7. The largest absolute Gasteiger partial charge is 0.507 e. The number of aryl methyl sites for hydroxylation is 1. The molecule has 0 heterocycles. The van der Waals surface area contributed by atoms with E-state index < -0.39 is 82.7 Å². The van der Waals surface area contributed by atoms with Crippen molar-refractivity contribution in [2.24, 2.45) is 29.4 Å². The summed E-state index contributed by atoms with van der Waals surface area (Å²) in [6.07, 6.45) is -5.37. The number of halogens is 3. The van der Waals surface area contributed by atoms with E-state index in [4.69, 9.17) is 10.5 Å². The Morgan fingerprint density at radius 1 is 1.09 bits per heavy atom. The zero-order valence-electron chi connectivity index (χ0n) is 24.8. The summed E-state index contributed by atoms with van der Waals surface area (Å²) in [5.74, 6) is -11.3. The molecule has 6 atom stereocenters. The van der Waals surface area contributed by atoms with Gasteiger partial charge >= 0.3 is 6.18 Å². The first-order valence-corrected chi connectivity index (χ1v) is 14.5. The molecule has 3 aliphatic carbocycles. The second-order valence-corrected chi connectivity index (χ2v) is 12.3. The molecule has 0 spiro atoms. The number of aromatic hydroxyl groups is 1. The fourth-order valence-electron chi connectivity index (χ4n) is 7.47. The second-order valence-electron chi connectivity index (χ2n) is 12.3. The van der Waals surface area contributed by atoms with Gasteiger partial charge < -0.3 is 20.7 Å². The highest BCUT2D eigenvalue weighted by Gasteiger charge is 2.69. The number of methoxy groups -OCH3 is 1. The minimum Gasteiger partial charge on any atom is -0.507 e. The molecule has 45 heavy (non-hydrogen) atoms. The van der Waals surface area contributed by atoms with Gasteiger partial charge in [0, 0.05) is 17.9 Å². The van der Waals surface area contributed by atoms with Crippen molar-refractivity contribution in [3.05, 3.63) is 47.0 Å². The van der Waals surface area contributed by atoms with Crippen LogP contribution in [-0.2, 0) is 32.0 Å². The SMILES string of the molecule is COc1ccc(CCCC(F)(F)F)cc1-c1ccc(O)c2c1C[C@@H]1C[C@@H]3C(N(C)C)C(=O)C(C(N)=O)C(=O)[C@]3(O)C(=O)C1C2=O. The van der Waals surface area contributed by atoms with Crippen LogP contribution in [0.1, 0.15) is 40.7 Å². The van der Waals surface area contributed by atoms with Crippen LogP contribution in [0.4, 0.5) is 13.2 Å². The summed E-state index contributed by atoms with van der Waals surface area (Å²) in [7, 11) is 4.41. The summed E-state index contributed by atoms with van der Waals surface area (Å²) in [6.45, 7) is 0. The smallest absolute Gasteiger partial charge is 0.389 e. The number of nitrogens with zero attached hydrogens (tertiary/aromatic N) is 1. The average molecular weight is 631 g/mol. The number of hydrogen-bond acceptors (Lipinski definition) is 9. The Bertz CT molecular complexity index is 1620. The fourth-order valence-corrected chi connectivity index (χ4v) is 7.47. The summed E-state index contributed by atoms with van der Waals surface area (Å²) in [5, 5.41) is 22.6. The summed E-state index contributed by atoms with van der Waals surface area (Å²) >= 11 is 0. The Morgan fingerprint density at radius 2 is 1.78 bits per heavy atom. The van der Waals surface area contributed by atoms with E-state index in [0.717, 1.165) is 0 Å². The standard InChI is InChI=1S/C32H33F3N2O8/c1-37(2)25-19-13-15-12-18-16(17-11-14(6-9-21(17)45-3)5-4-10-31(33,34)35)7-8-20(38)23(18)26(39)22(15)28(41)32(19,44)29(42)24(27(25)40)30(36)43/h6-9,11,15,19,22,24-25,38,44H,4-5,10,12-13H2,1-3H3,(H2,36,43)/t15-,19-,22?,24?,25?,32-/m1/s1. The number of amides is 1. The number of phenols is 1. The van der Waals surface area contributed by atoms with Gasteiger partial charge in [-0.2, -0.15) is 13.2 Å². The van der Waals surface area contributed by atoms with Crippen molar-refractivity contribution in [3.8, 4) is 22.6 Å². The van der Waals surface area contributed by atoms with Crippen LogP contribution in [0.25, 0.3) is 11.1 Å². The van der Waals surface area contributed by atoms with E-state index >= 15 is 0 Å². The predicted octanol–water partition coefficient (Wildman–Crippen LogP) is 2.43. The number of benzene rings is 2. The quantitative estimate of drug-likeness (QED) is 0.390. The molecule has 2 fully saturated rings. The van der Waals surface area contributed by atoms with Crippen molar-refractivity contribution in [2.75, 3.05) is 21.2 Å². The number of primary amides is 1. The molecule has 13 heteroatoms. The Balaban J connectivity index is 1.60. The summed E-state index contributed by atoms with van der Waals surface area (Å²) in [6, 6.07) is 6.48. The van der Waals surface area contributed by atoms with Crippen LogP contribution in [0, 0.1) is 23.7 Å². The van der Waals surface area contributed by atoms with Crippen LogP contribution >= 0.6 is 0 Å². The van der Waals surface area contributed by atoms with E-state index in [1.807, 2.05) is 0 Å². The molecule has 240 valence electrons. The van der Waals surface area contributed by atoms with E-state index in [-0.39, 0.29) is 31.2 Å². The molecule has 2 aromatic carbocycles. The van der Waals surface area contributed by atoms with Crippen molar-refractivity contribution in [3.63, 3.8) is 0 Å². The van der Waals surface area contributed by atoms with Gasteiger partial charge in [0.15, 0.2) is 34.7 Å². The lowest BCUT2D eigenvalue weighted by atomic mass is 9.52. The lowest BCUT2D eigenvalue weighted by molar-refractivity contribution is -0.181. The molecule has 2 saturated carbocycles. The predicted molar refractivity (Wildman–Crippen MR) is 152 cm³/mol. The maximum Gasteiger partial charge on any atom is 0.389 e. The monoisotopic (exact) mass is 630 g/mol. The maximum atomic E-state index is 14.0.